The molecule has 1 saturated heterocycles. The Kier molecular flexibility index (Phi) is 5.35. The second-order valence-electron chi connectivity index (χ2n) is 7.18. The number of nitrogen functional groups attached to an aromatic ring is 1. The number of nitrogens with one attached hydrogen (secondary N) is 1. The molecule has 1 fully saturated rings. The zero-order valence-corrected chi connectivity index (χ0v) is 16.5. The molecule has 1 aromatic carbocycles. The fourth-order valence-electron chi connectivity index (χ4n) is 3.70. The molecule has 0 saturated carbocycles. The van der Waals surface area contributed by atoms with Crippen molar-refractivity contribution in [2.24, 2.45) is 0 Å². The summed E-state index contributed by atoms with van der Waals surface area (Å²) >= 11 is 0. The van der Waals surface area contributed by atoms with E-state index in [9.17, 15) is 24.6 Å². The first-order chi connectivity index (χ1) is 14.8. The van der Waals surface area contributed by atoms with Crippen LogP contribution >= 0.6 is 0 Å². The Bertz CT molecular complexity index is 1240. The second kappa shape index (κ2) is 7.98. The van der Waals surface area contributed by atoms with E-state index in [0.717, 1.165) is 4.57 Å². The van der Waals surface area contributed by atoms with Crippen molar-refractivity contribution >= 4 is 23.1 Å². The molecule has 2 aromatic heterocycles. The molecule has 3 atom stereocenters. The molecule has 0 amide bonds. The van der Waals surface area contributed by atoms with Crippen LogP contribution in [0.4, 0.5) is 5.95 Å². The standard InChI is InChI=1S/C19H21N5O7/c1-30-17(28)10-4-2-9(3-5-10)7-23-13-14(21-18(20)22-15(13)27)24(19(23)29)16-12(26)6-11(8-25)31-16/h2-5,11-12,16,25-26H,6-8H2,1H3,(H3,20,21,22,27)/t11-,12+,16+/m0/s1. The molecule has 4 rings (SSSR count). The summed E-state index contributed by atoms with van der Waals surface area (Å²) < 4.78 is 12.5. The third kappa shape index (κ3) is 3.60. The molecule has 0 spiro atoms. The summed E-state index contributed by atoms with van der Waals surface area (Å²) in [6.45, 7) is -0.339. The smallest absolute Gasteiger partial charge is 0.337 e. The Labute approximate surface area is 174 Å². The number of hydrogen-bond acceptors (Lipinski definition) is 9. The highest BCUT2D eigenvalue weighted by molar-refractivity contribution is 5.89. The van der Waals surface area contributed by atoms with Gasteiger partial charge in [0.15, 0.2) is 17.4 Å². The molecule has 31 heavy (non-hydrogen) atoms. The van der Waals surface area contributed by atoms with Crippen LogP contribution in [0.1, 0.15) is 28.6 Å². The highest BCUT2D eigenvalue weighted by Crippen LogP contribution is 2.29. The molecule has 0 radical (unpaired) electrons. The Hall–Kier alpha value is -3.48. The van der Waals surface area contributed by atoms with Gasteiger partial charge in [0.05, 0.1) is 31.9 Å². The number of anilines is 1. The van der Waals surface area contributed by atoms with Crippen molar-refractivity contribution < 1.29 is 24.5 Å². The number of esters is 1. The molecule has 5 N–H and O–H groups in total. The number of fused-ring (bicyclic) bond motifs is 1. The number of aliphatic hydroxyl groups is 2. The summed E-state index contributed by atoms with van der Waals surface area (Å²) in [5, 5.41) is 19.7. The summed E-state index contributed by atoms with van der Waals surface area (Å²) in [5.74, 6) is -0.695. The maximum absolute atomic E-state index is 13.3. The molecule has 12 nitrogen and oxygen atoms in total. The van der Waals surface area contributed by atoms with E-state index in [2.05, 4.69) is 14.7 Å². The van der Waals surface area contributed by atoms with Gasteiger partial charge in [-0.3, -0.25) is 14.3 Å². The van der Waals surface area contributed by atoms with Crippen molar-refractivity contribution in [1.82, 2.24) is 19.1 Å². The lowest BCUT2D eigenvalue weighted by atomic mass is 10.1. The second-order valence-corrected chi connectivity index (χ2v) is 7.18. The van der Waals surface area contributed by atoms with Crippen molar-refractivity contribution in [3.8, 4) is 0 Å². The summed E-state index contributed by atoms with van der Waals surface area (Å²) in [5.41, 5.74) is 5.29. The van der Waals surface area contributed by atoms with Crippen LogP contribution in [0.15, 0.2) is 33.9 Å². The van der Waals surface area contributed by atoms with E-state index in [-0.39, 0.29) is 36.7 Å². The number of aromatic nitrogens is 4. The lowest BCUT2D eigenvalue weighted by Crippen LogP contribution is -2.32. The van der Waals surface area contributed by atoms with Gasteiger partial charge in [0.2, 0.25) is 5.95 Å². The summed E-state index contributed by atoms with van der Waals surface area (Å²) in [6.07, 6.45) is -2.76. The lowest BCUT2D eigenvalue weighted by Gasteiger charge is -2.15. The fourth-order valence-corrected chi connectivity index (χ4v) is 3.70. The van der Waals surface area contributed by atoms with Crippen LogP contribution < -0.4 is 17.0 Å². The highest BCUT2D eigenvalue weighted by atomic mass is 16.5. The number of nitrogens with zero attached hydrogens (tertiary/aromatic N) is 3. The van der Waals surface area contributed by atoms with Gasteiger partial charge in [-0.2, -0.15) is 4.98 Å². The molecule has 12 heteroatoms. The number of carbonyl (C=O) groups excluding carboxylic acids is 1. The van der Waals surface area contributed by atoms with E-state index in [0.29, 0.717) is 11.1 Å². The number of nitrogens with two attached hydrogens (primary N) is 1. The van der Waals surface area contributed by atoms with Crippen molar-refractivity contribution in [1.29, 1.82) is 0 Å². The van der Waals surface area contributed by atoms with E-state index >= 15 is 0 Å². The Balaban J connectivity index is 1.83. The van der Waals surface area contributed by atoms with Gasteiger partial charge in [-0.15, -0.1) is 0 Å². The van der Waals surface area contributed by atoms with Crippen molar-refractivity contribution in [3.63, 3.8) is 0 Å². The maximum atomic E-state index is 13.3. The number of imidazole rings is 1. The van der Waals surface area contributed by atoms with Gasteiger partial charge in [0.1, 0.15) is 6.10 Å². The number of benzene rings is 1. The van der Waals surface area contributed by atoms with Crippen LogP contribution in [0.3, 0.4) is 0 Å². The third-order valence-electron chi connectivity index (χ3n) is 5.17. The Morgan fingerprint density at radius 1 is 1.35 bits per heavy atom. The van der Waals surface area contributed by atoms with E-state index in [1.54, 1.807) is 24.3 Å². The maximum Gasteiger partial charge on any atom is 0.337 e. The Morgan fingerprint density at radius 2 is 2.06 bits per heavy atom. The normalized spacial score (nSPS) is 20.9. The molecule has 1 aliphatic heterocycles. The predicted molar refractivity (Wildman–Crippen MR) is 108 cm³/mol. The largest absolute Gasteiger partial charge is 0.465 e. The summed E-state index contributed by atoms with van der Waals surface area (Å²) in [4.78, 5) is 44.0. The molecule has 3 aromatic rings. The fraction of sp³-hybridized carbons (Fsp3) is 0.368. The minimum absolute atomic E-state index is 0.00922. The first-order valence-electron chi connectivity index (χ1n) is 9.46. The number of aromatic amines is 1. The van der Waals surface area contributed by atoms with E-state index < -0.39 is 35.7 Å². The zero-order valence-electron chi connectivity index (χ0n) is 16.5. The van der Waals surface area contributed by atoms with Crippen molar-refractivity contribution in [3.05, 3.63) is 56.2 Å². The van der Waals surface area contributed by atoms with Crippen molar-refractivity contribution in [2.75, 3.05) is 19.5 Å². The van der Waals surface area contributed by atoms with Gasteiger partial charge in [0.25, 0.3) is 5.56 Å². The van der Waals surface area contributed by atoms with Gasteiger partial charge in [-0.05, 0) is 17.7 Å². The number of aliphatic hydroxyl groups excluding tert-OH is 2. The van der Waals surface area contributed by atoms with Crippen LogP contribution in [-0.2, 0) is 16.0 Å². The quantitative estimate of drug-likeness (QED) is 0.367. The van der Waals surface area contributed by atoms with Gasteiger partial charge in [-0.1, -0.05) is 12.1 Å². The molecule has 1 aliphatic rings. The van der Waals surface area contributed by atoms with Gasteiger partial charge < -0.3 is 25.4 Å². The molecule has 0 unspecified atom stereocenters. The molecule has 3 heterocycles. The minimum atomic E-state index is -1.14. The topological polar surface area (TPSA) is 175 Å². The number of ether oxygens (including phenoxy) is 2. The van der Waals surface area contributed by atoms with Crippen LogP contribution in [0.5, 0.6) is 0 Å². The molecule has 164 valence electrons. The highest BCUT2D eigenvalue weighted by Gasteiger charge is 2.38. The first-order valence-corrected chi connectivity index (χ1v) is 9.46. The number of methoxy groups -OCH3 is 1. The van der Waals surface area contributed by atoms with E-state index in [1.807, 2.05) is 0 Å². The molecule has 0 bridgehead atoms. The predicted octanol–water partition coefficient (Wildman–Crippen LogP) is -1.06. The van der Waals surface area contributed by atoms with E-state index in [4.69, 9.17) is 10.5 Å². The average Bonchev–Trinajstić information content (AvgIpc) is 3.24. The van der Waals surface area contributed by atoms with Gasteiger partial charge in [-0.25, -0.2) is 14.2 Å². The van der Waals surface area contributed by atoms with Crippen LogP contribution in [-0.4, -0.2) is 61.2 Å². The summed E-state index contributed by atoms with van der Waals surface area (Å²) in [6, 6.07) is 6.34. The average molecular weight is 431 g/mol. The van der Waals surface area contributed by atoms with Gasteiger partial charge in [0, 0.05) is 6.42 Å². The Morgan fingerprint density at radius 3 is 2.68 bits per heavy atom. The number of carbonyl (C=O) groups is 1. The molecule has 0 aliphatic carbocycles. The molecular weight excluding hydrogens is 410 g/mol. The van der Waals surface area contributed by atoms with Crippen molar-refractivity contribution in [2.45, 2.75) is 31.4 Å². The number of rotatable bonds is 5. The van der Waals surface area contributed by atoms with Gasteiger partial charge >= 0.3 is 11.7 Å². The van der Waals surface area contributed by atoms with Crippen LogP contribution in [0.25, 0.3) is 11.2 Å². The monoisotopic (exact) mass is 431 g/mol. The van der Waals surface area contributed by atoms with E-state index in [1.165, 1.54) is 11.7 Å². The molecular formula is C19H21N5O7. The van der Waals surface area contributed by atoms with Crippen LogP contribution in [0, 0.1) is 0 Å². The minimum Gasteiger partial charge on any atom is -0.465 e. The lowest BCUT2D eigenvalue weighted by molar-refractivity contribution is -0.0505. The third-order valence-corrected chi connectivity index (χ3v) is 5.17. The summed E-state index contributed by atoms with van der Waals surface area (Å²) in [7, 11) is 1.27. The SMILES string of the molecule is COC(=O)c1ccc(Cn2c(=O)n([C@@H]3O[C@H](CO)C[C@H]3O)c3nc(N)[nH]c(=O)c32)cc1. The zero-order chi connectivity index (χ0) is 22.3. The number of H-pyrrole nitrogens is 1. The first kappa shape index (κ1) is 20.8. The van der Waals surface area contributed by atoms with Crippen LogP contribution in [0.2, 0.25) is 0 Å². The number of hydrogen-bond donors (Lipinski definition) is 4.